The van der Waals surface area contributed by atoms with E-state index in [0.717, 1.165) is 0 Å². The molecule has 0 unspecified atom stereocenters. The minimum atomic E-state index is -3.82. The first-order chi connectivity index (χ1) is 12.2. The van der Waals surface area contributed by atoms with Gasteiger partial charge >= 0.3 is 19.5 Å². The van der Waals surface area contributed by atoms with E-state index in [0.29, 0.717) is 0 Å². The van der Waals surface area contributed by atoms with E-state index in [2.05, 4.69) is 0 Å². The first-order valence-electron chi connectivity index (χ1n) is 8.37. The first-order valence-corrected chi connectivity index (χ1v) is 10.1. The topological polar surface area (TPSA) is 137 Å². The Morgan fingerprint density at radius 1 is 0.889 bits per heavy atom. The van der Waals surface area contributed by atoms with Gasteiger partial charge in [0.1, 0.15) is 0 Å². The van der Waals surface area contributed by atoms with Crippen LogP contribution in [0.15, 0.2) is 0 Å². The molecule has 0 aromatic rings. The largest absolute Gasteiger partial charge is 0.438 e. The van der Waals surface area contributed by atoms with Gasteiger partial charge in [0.05, 0.1) is 17.0 Å². The van der Waals surface area contributed by atoms with Crippen LogP contribution in [-0.4, -0.2) is 42.8 Å². The van der Waals surface area contributed by atoms with Crippen LogP contribution in [0.1, 0.15) is 54.4 Å². The number of carbonyl (C=O) groups is 3. The Kier molecular flexibility index (Phi) is 10.2. The molecule has 10 nitrogen and oxygen atoms in total. The molecular weight excluding hydrogens is 381 g/mol. The first kappa shape index (κ1) is 25.5. The molecular formula is C16H30NO9P. The maximum absolute atomic E-state index is 12.7. The number of hydroxylamine groups is 1. The van der Waals surface area contributed by atoms with Crippen LogP contribution in [0.4, 0.5) is 0 Å². The summed E-state index contributed by atoms with van der Waals surface area (Å²) in [6.45, 7) is 8.63. The molecule has 0 aliphatic carbocycles. The van der Waals surface area contributed by atoms with Crippen LogP contribution in [0.5, 0.6) is 0 Å². The molecule has 158 valence electrons. The minimum Gasteiger partial charge on any atom is -0.438 e. The number of esters is 2. The van der Waals surface area contributed by atoms with Gasteiger partial charge in [0, 0.05) is 6.42 Å². The lowest BCUT2D eigenvalue weighted by molar-refractivity contribution is -0.162. The van der Waals surface area contributed by atoms with Gasteiger partial charge in [-0.1, -0.05) is 0 Å². The molecule has 0 aliphatic rings. The van der Waals surface area contributed by atoms with Crippen molar-refractivity contribution in [1.29, 1.82) is 0 Å². The van der Waals surface area contributed by atoms with Crippen molar-refractivity contribution in [2.75, 3.05) is 19.7 Å². The Hall–Kier alpha value is -1.48. The molecule has 0 fully saturated rings. The standard InChI is InChI=1S/C16H30NO9P/c1-15(2,3)13(19)23-10-25-27(22,9-7-8-12(18)17-21)26-11-24-14(20)16(4,5)6/h21H,7-11H2,1-6H3,(H,17,18). The molecule has 2 N–H and O–H groups in total. The molecule has 0 rings (SSSR count). The second-order valence-electron chi connectivity index (χ2n) is 7.83. The lowest BCUT2D eigenvalue weighted by Crippen LogP contribution is -2.25. The van der Waals surface area contributed by atoms with Crippen molar-refractivity contribution in [3.63, 3.8) is 0 Å². The maximum atomic E-state index is 12.7. The fraction of sp³-hybridized carbons (Fsp3) is 0.812. The van der Waals surface area contributed by atoms with Crippen LogP contribution in [0.3, 0.4) is 0 Å². The number of nitrogens with one attached hydrogen (secondary N) is 1. The lowest BCUT2D eigenvalue weighted by atomic mass is 9.98. The highest BCUT2D eigenvalue weighted by atomic mass is 31.2. The summed E-state index contributed by atoms with van der Waals surface area (Å²) in [4.78, 5) is 34.5. The average molecular weight is 411 g/mol. The molecule has 0 atom stereocenters. The van der Waals surface area contributed by atoms with E-state index in [4.69, 9.17) is 23.7 Å². The Balaban J connectivity index is 4.74. The predicted octanol–water partition coefficient (Wildman–Crippen LogP) is 2.59. The molecule has 0 saturated carbocycles. The minimum absolute atomic E-state index is 0.0596. The summed E-state index contributed by atoms with van der Waals surface area (Å²) in [6.07, 6.45) is -0.276. The third-order valence-electron chi connectivity index (χ3n) is 3.06. The molecule has 0 spiro atoms. The maximum Gasteiger partial charge on any atom is 0.336 e. The summed E-state index contributed by atoms with van der Waals surface area (Å²) in [5.41, 5.74) is -0.0847. The van der Waals surface area contributed by atoms with Crippen LogP contribution in [0, 0.1) is 10.8 Å². The van der Waals surface area contributed by atoms with Gasteiger partial charge in [-0.3, -0.25) is 33.2 Å². The average Bonchev–Trinajstić information content (AvgIpc) is 2.52. The third kappa shape index (κ3) is 11.1. The highest BCUT2D eigenvalue weighted by molar-refractivity contribution is 7.53. The van der Waals surface area contributed by atoms with Crippen molar-refractivity contribution < 1.29 is 42.7 Å². The van der Waals surface area contributed by atoms with Gasteiger partial charge in [-0.2, -0.15) is 0 Å². The van der Waals surface area contributed by atoms with Gasteiger partial charge in [-0.15, -0.1) is 0 Å². The molecule has 0 aliphatic heterocycles. The number of hydrogen-bond acceptors (Lipinski definition) is 9. The Morgan fingerprint density at radius 2 is 1.30 bits per heavy atom. The van der Waals surface area contributed by atoms with Gasteiger partial charge in [-0.05, 0) is 48.0 Å². The highest BCUT2D eigenvalue weighted by Gasteiger charge is 2.29. The van der Waals surface area contributed by atoms with Gasteiger partial charge in [0.25, 0.3) is 0 Å². The van der Waals surface area contributed by atoms with Crippen molar-refractivity contribution in [3.05, 3.63) is 0 Å². The Morgan fingerprint density at radius 3 is 1.63 bits per heavy atom. The fourth-order valence-corrected chi connectivity index (χ4v) is 2.71. The lowest BCUT2D eigenvalue weighted by Gasteiger charge is -2.22. The van der Waals surface area contributed by atoms with Crippen molar-refractivity contribution in [3.8, 4) is 0 Å². The summed E-state index contributed by atoms with van der Waals surface area (Å²) in [5, 5.41) is 8.48. The van der Waals surface area contributed by atoms with Crippen molar-refractivity contribution >= 4 is 25.4 Å². The summed E-state index contributed by atoms with van der Waals surface area (Å²) in [7, 11) is -3.82. The number of rotatable bonds is 10. The van der Waals surface area contributed by atoms with E-state index < -0.39 is 49.9 Å². The Bertz CT molecular complexity index is 527. The van der Waals surface area contributed by atoms with Crippen LogP contribution in [0.2, 0.25) is 0 Å². The normalized spacial score (nSPS) is 12.4. The summed E-state index contributed by atoms with van der Waals surface area (Å²) < 4.78 is 32.7. The van der Waals surface area contributed by atoms with Crippen LogP contribution < -0.4 is 5.48 Å². The van der Waals surface area contributed by atoms with E-state index in [1.54, 1.807) is 41.5 Å². The predicted molar refractivity (Wildman–Crippen MR) is 94.6 cm³/mol. The monoisotopic (exact) mass is 411 g/mol. The zero-order valence-electron chi connectivity index (χ0n) is 16.7. The molecule has 1 amide bonds. The fourth-order valence-electron chi connectivity index (χ4n) is 1.41. The smallest absolute Gasteiger partial charge is 0.336 e. The van der Waals surface area contributed by atoms with Crippen LogP contribution in [0.25, 0.3) is 0 Å². The van der Waals surface area contributed by atoms with E-state index in [1.807, 2.05) is 0 Å². The van der Waals surface area contributed by atoms with Gasteiger partial charge in [0.2, 0.25) is 19.5 Å². The van der Waals surface area contributed by atoms with E-state index in [1.165, 1.54) is 5.48 Å². The summed E-state index contributed by atoms with van der Waals surface area (Å²) in [5.74, 6) is -1.79. The highest BCUT2D eigenvalue weighted by Crippen LogP contribution is 2.49. The Labute approximate surface area is 159 Å². The quantitative estimate of drug-likeness (QED) is 0.183. The number of carbonyl (C=O) groups excluding carboxylic acids is 3. The van der Waals surface area contributed by atoms with Crippen molar-refractivity contribution in [2.45, 2.75) is 54.4 Å². The second kappa shape index (κ2) is 10.8. The van der Waals surface area contributed by atoms with E-state index >= 15 is 0 Å². The van der Waals surface area contributed by atoms with Gasteiger partial charge in [-0.25, -0.2) is 5.48 Å². The third-order valence-corrected chi connectivity index (χ3v) is 4.93. The molecule has 0 saturated heterocycles. The second-order valence-corrected chi connectivity index (χ2v) is 10.0. The molecule has 27 heavy (non-hydrogen) atoms. The van der Waals surface area contributed by atoms with Crippen LogP contribution in [-0.2, 0) is 37.5 Å². The molecule has 0 radical (unpaired) electrons. The molecule has 0 bridgehead atoms. The van der Waals surface area contributed by atoms with Crippen molar-refractivity contribution in [2.24, 2.45) is 10.8 Å². The SMILES string of the molecule is CC(C)(C)C(=O)OCOP(=O)(CCCC(=O)NO)OCOC(=O)C(C)(C)C. The molecule has 0 aromatic carbocycles. The zero-order valence-corrected chi connectivity index (χ0v) is 17.6. The summed E-state index contributed by atoms with van der Waals surface area (Å²) in [6, 6.07) is 0. The van der Waals surface area contributed by atoms with Crippen molar-refractivity contribution in [1.82, 2.24) is 5.48 Å². The molecule has 0 heterocycles. The number of amides is 1. The van der Waals surface area contributed by atoms with Crippen LogP contribution >= 0.6 is 7.60 Å². The van der Waals surface area contributed by atoms with Gasteiger partial charge in [0.15, 0.2) is 0 Å². The molecule has 0 aromatic heterocycles. The van der Waals surface area contributed by atoms with E-state index in [9.17, 15) is 18.9 Å². The summed E-state index contributed by atoms with van der Waals surface area (Å²) >= 11 is 0. The molecule has 11 heteroatoms. The van der Waals surface area contributed by atoms with E-state index in [-0.39, 0.29) is 19.0 Å². The zero-order chi connectivity index (χ0) is 21.3. The number of hydrogen-bond donors (Lipinski definition) is 2. The number of ether oxygens (including phenoxy) is 2. The van der Waals surface area contributed by atoms with Gasteiger partial charge < -0.3 is 9.47 Å².